The van der Waals surface area contributed by atoms with Crippen LogP contribution in [0.15, 0.2) is 67.0 Å². The van der Waals surface area contributed by atoms with Gasteiger partial charge < -0.3 is 10.1 Å². The first-order chi connectivity index (χ1) is 15.1. The number of ether oxygens (including phenoxy) is 1. The highest BCUT2D eigenvalue weighted by atomic mass is 16.5. The van der Waals surface area contributed by atoms with E-state index in [-0.39, 0.29) is 11.9 Å². The summed E-state index contributed by atoms with van der Waals surface area (Å²) in [5.74, 6) is 0.791. The van der Waals surface area contributed by atoms with Gasteiger partial charge in [0.2, 0.25) is 5.91 Å². The van der Waals surface area contributed by atoms with Gasteiger partial charge in [-0.2, -0.15) is 0 Å². The average Bonchev–Trinajstić information content (AvgIpc) is 2.80. The van der Waals surface area contributed by atoms with Gasteiger partial charge in [0.15, 0.2) is 0 Å². The molecule has 31 heavy (non-hydrogen) atoms. The van der Waals surface area contributed by atoms with E-state index in [0.29, 0.717) is 0 Å². The number of unbranched alkanes of at least 4 members (excludes halogenated alkanes) is 3. The van der Waals surface area contributed by atoms with E-state index in [2.05, 4.69) is 41.5 Å². The highest BCUT2D eigenvalue weighted by molar-refractivity contribution is 5.88. The third-order valence-corrected chi connectivity index (χ3v) is 5.28. The third-order valence-electron chi connectivity index (χ3n) is 5.28. The highest BCUT2D eigenvalue weighted by Crippen LogP contribution is 2.24. The van der Waals surface area contributed by atoms with Gasteiger partial charge in [0.25, 0.3) is 0 Å². The molecule has 2 aromatic rings. The number of nitrogens with one attached hydrogen (secondary N) is 1. The van der Waals surface area contributed by atoms with Crippen molar-refractivity contribution in [2.45, 2.75) is 64.8 Å². The molecule has 0 aliphatic heterocycles. The van der Waals surface area contributed by atoms with Crippen LogP contribution in [0.3, 0.4) is 0 Å². The van der Waals surface area contributed by atoms with Crippen LogP contribution in [0.2, 0.25) is 0 Å². The number of hydrogen-bond acceptors (Lipinski definition) is 3. The van der Waals surface area contributed by atoms with Crippen molar-refractivity contribution < 1.29 is 9.53 Å². The van der Waals surface area contributed by atoms with Crippen molar-refractivity contribution in [3.63, 3.8) is 0 Å². The topological polar surface area (TPSA) is 51.2 Å². The molecule has 0 aliphatic carbocycles. The molecule has 0 saturated heterocycles. The Kier molecular flexibility index (Phi) is 11.2. The number of carbonyl (C=O) groups excluding carboxylic acids is 1. The van der Waals surface area contributed by atoms with Gasteiger partial charge in [0, 0.05) is 24.5 Å². The zero-order chi connectivity index (χ0) is 22.3. The molecule has 166 valence electrons. The minimum atomic E-state index is -0.0602. The summed E-state index contributed by atoms with van der Waals surface area (Å²) in [5.41, 5.74) is 3.61. The fourth-order valence-electron chi connectivity index (χ4n) is 3.42. The summed E-state index contributed by atoms with van der Waals surface area (Å²) in [6.45, 7) is 4.26. The van der Waals surface area contributed by atoms with E-state index >= 15 is 0 Å². The molecule has 0 radical (unpaired) electrons. The van der Waals surface area contributed by atoms with Crippen molar-refractivity contribution in [1.29, 1.82) is 0 Å². The Hall–Kier alpha value is -2.88. The molecule has 0 fully saturated rings. The number of carbonyl (C=O) groups is 1. The molecule has 1 amide bonds. The summed E-state index contributed by atoms with van der Waals surface area (Å²) >= 11 is 0. The maximum Gasteiger partial charge on any atom is 0.244 e. The second-order valence-corrected chi connectivity index (χ2v) is 7.90. The SMILES string of the molecule is CCCCCC/C(=C\C=C\C(=O)N[C@H](C)CCc1cccnc1)c1ccc(OC)cc1. The lowest BCUT2D eigenvalue weighted by molar-refractivity contribution is -0.117. The molecule has 1 aromatic carbocycles. The van der Waals surface area contributed by atoms with E-state index in [1.807, 2.05) is 37.4 Å². The molecule has 0 unspecified atom stereocenters. The monoisotopic (exact) mass is 420 g/mol. The van der Waals surface area contributed by atoms with Gasteiger partial charge in [-0.05, 0) is 67.5 Å². The number of rotatable bonds is 13. The Morgan fingerprint density at radius 3 is 2.65 bits per heavy atom. The minimum Gasteiger partial charge on any atom is -0.497 e. The van der Waals surface area contributed by atoms with E-state index in [0.717, 1.165) is 31.4 Å². The van der Waals surface area contributed by atoms with Crippen molar-refractivity contribution in [3.05, 3.63) is 78.1 Å². The number of hydrogen-bond donors (Lipinski definition) is 1. The number of allylic oxidation sites excluding steroid dienone is 3. The number of aromatic nitrogens is 1. The second kappa shape index (κ2) is 14.2. The average molecular weight is 421 g/mol. The Morgan fingerprint density at radius 1 is 1.16 bits per heavy atom. The molecule has 1 aromatic heterocycles. The zero-order valence-corrected chi connectivity index (χ0v) is 19.1. The van der Waals surface area contributed by atoms with Gasteiger partial charge in [0.1, 0.15) is 5.75 Å². The number of aryl methyl sites for hydroxylation is 1. The fraction of sp³-hybridized carbons (Fsp3) is 0.407. The number of pyridine rings is 1. The van der Waals surface area contributed by atoms with Crippen molar-refractivity contribution in [1.82, 2.24) is 10.3 Å². The summed E-state index contributed by atoms with van der Waals surface area (Å²) in [4.78, 5) is 16.4. The first-order valence-corrected chi connectivity index (χ1v) is 11.3. The van der Waals surface area contributed by atoms with Gasteiger partial charge in [0.05, 0.1) is 7.11 Å². The molecule has 1 atom stereocenters. The largest absolute Gasteiger partial charge is 0.497 e. The summed E-state index contributed by atoms with van der Waals surface area (Å²) in [7, 11) is 1.68. The number of methoxy groups -OCH3 is 1. The Labute approximate surface area is 187 Å². The lowest BCUT2D eigenvalue weighted by Gasteiger charge is -2.12. The first-order valence-electron chi connectivity index (χ1n) is 11.3. The fourth-order valence-corrected chi connectivity index (χ4v) is 3.42. The molecular formula is C27H36N2O2. The van der Waals surface area contributed by atoms with E-state index < -0.39 is 0 Å². The van der Waals surface area contributed by atoms with E-state index in [1.165, 1.54) is 36.0 Å². The number of nitrogens with zero attached hydrogens (tertiary/aromatic N) is 1. The highest BCUT2D eigenvalue weighted by Gasteiger charge is 2.06. The normalized spacial score (nSPS) is 12.7. The zero-order valence-electron chi connectivity index (χ0n) is 19.1. The maximum atomic E-state index is 12.3. The van der Waals surface area contributed by atoms with Crippen molar-refractivity contribution in [2.24, 2.45) is 0 Å². The molecule has 4 heteroatoms. The molecule has 1 N–H and O–H groups in total. The van der Waals surface area contributed by atoms with Gasteiger partial charge in [-0.15, -0.1) is 0 Å². The molecule has 0 bridgehead atoms. The van der Waals surface area contributed by atoms with E-state index in [1.54, 1.807) is 19.4 Å². The summed E-state index contributed by atoms with van der Waals surface area (Å²) in [6.07, 6.45) is 16.8. The van der Waals surface area contributed by atoms with Gasteiger partial charge in [-0.1, -0.05) is 56.5 Å². The third kappa shape index (κ3) is 9.65. The molecule has 1 heterocycles. The van der Waals surface area contributed by atoms with Crippen molar-refractivity contribution in [3.8, 4) is 5.75 Å². The quantitative estimate of drug-likeness (QED) is 0.241. The predicted molar refractivity (Wildman–Crippen MR) is 129 cm³/mol. The molecule has 0 aliphatic rings. The molecule has 0 spiro atoms. The van der Waals surface area contributed by atoms with Crippen LogP contribution in [-0.2, 0) is 11.2 Å². The van der Waals surface area contributed by atoms with Gasteiger partial charge in [-0.25, -0.2) is 0 Å². The maximum absolute atomic E-state index is 12.3. The lowest BCUT2D eigenvalue weighted by atomic mass is 9.98. The number of benzene rings is 1. The van der Waals surface area contributed by atoms with Crippen LogP contribution in [0.4, 0.5) is 0 Å². The van der Waals surface area contributed by atoms with Crippen LogP contribution in [0.25, 0.3) is 5.57 Å². The Morgan fingerprint density at radius 2 is 1.97 bits per heavy atom. The first kappa shape index (κ1) is 24.4. The lowest BCUT2D eigenvalue weighted by Crippen LogP contribution is -2.31. The van der Waals surface area contributed by atoms with Gasteiger partial charge >= 0.3 is 0 Å². The molecule has 4 nitrogen and oxygen atoms in total. The standard InChI is InChI=1S/C27H36N2O2/c1-4-5-6-7-11-24(25-16-18-26(31-3)19-17-25)12-8-13-27(30)29-22(2)14-15-23-10-9-20-28-21-23/h8-10,12-13,16-22H,4-7,11,14-15H2,1-3H3,(H,29,30)/b13-8+,24-12+/t22-/m1/s1. The predicted octanol–water partition coefficient (Wildman–Crippen LogP) is 6.14. The van der Waals surface area contributed by atoms with Crippen molar-refractivity contribution >= 4 is 11.5 Å². The van der Waals surface area contributed by atoms with Crippen LogP contribution in [0.5, 0.6) is 5.75 Å². The van der Waals surface area contributed by atoms with Crippen LogP contribution < -0.4 is 10.1 Å². The number of amides is 1. The summed E-state index contributed by atoms with van der Waals surface area (Å²) in [6, 6.07) is 12.2. The molecule has 2 rings (SSSR count). The van der Waals surface area contributed by atoms with Gasteiger partial charge in [-0.3, -0.25) is 9.78 Å². The molecule has 0 saturated carbocycles. The summed E-state index contributed by atoms with van der Waals surface area (Å²) < 4.78 is 5.27. The van der Waals surface area contributed by atoms with Crippen molar-refractivity contribution in [2.75, 3.05) is 7.11 Å². The minimum absolute atomic E-state index is 0.0602. The van der Waals surface area contributed by atoms with Crippen LogP contribution in [0, 0.1) is 0 Å². The Bertz CT molecular complexity index is 826. The summed E-state index contributed by atoms with van der Waals surface area (Å²) in [5, 5.41) is 3.05. The second-order valence-electron chi connectivity index (χ2n) is 7.90. The smallest absolute Gasteiger partial charge is 0.244 e. The van der Waals surface area contributed by atoms with E-state index in [9.17, 15) is 4.79 Å². The Balaban J connectivity index is 1.92. The molecular weight excluding hydrogens is 384 g/mol. The van der Waals surface area contributed by atoms with Crippen LogP contribution in [0.1, 0.15) is 63.5 Å². The van der Waals surface area contributed by atoms with E-state index in [4.69, 9.17) is 4.74 Å². The van der Waals surface area contributed by atoms with Crippen LogP contribution in [-0.4, -0.2) is 24.0 Å². The van der Waals surface area contributed by atoms with Crippen LogP contribution >= 0.6 is 0 Å².